The lowest BCUT2D eigenvalue weighted by atomic mass is 10.0. The number of aryl methyl sites for hydroxylation is 1. The highest BCUT2D eigenvalue weighted by molar-refractivity contribution is 5.94. The van der Waals surface area contributed by atoms with Crippen LogP contribution >= 0.6 is 0 Å². The zero-order chi connectivity index (χ0) is 14.6. The Hall–Kier alpha value is -2.00. The van der Waals surface area contributed by atoms with E-state index in [-0.39, 0.29) is 12.5 Å². The van der Waals surface area contributed by atoms with Gasteiger partial charge in [0.2, 0.25) is 0 Å². The number of benzene rings is 1. The molecule has 20 heavy (non-hydrogen) atoms. The molecule has 1 N–H and O–H groups in total. The van der Waals surface area contributed by atoms with Crippen LogP contribution in [0.4, 0.5) is 0 Å². The van der Waals surface area contributed by atoms with Gasteiger partial charge in [-0.2, -0.15) is 0 Å². The van der Waals surface area contributed by atoms with Crippen molar-refractivity contribution in [2.24, 2.45) is 5.11 Å². The normalized spacial score (nSPS) is 9.85. The molecule has 0 fully saturated rings. The maximum atomic E-state index is 11.8. The van der Waals surface area contributed by atoms with Crippen LogP contribution in [-0.4, -0.2) is 19.0 Å². The first-order chi connectivity index (χ1) is 9.77. The summed E-state index contributed by atoms with van der Waals surface area (Å²) in [5.74, 6) is -0.129. The van der Waals surface area contributed by atoms with E-state index in [1.165, 1.54) is 31.2 Å². The first kappa shape index (κ1) is 16.1. The first-order valence-electron chi connectivity index (χ1n) is 7.16. The molecule has 0 aliphatic rings. The molecule has 0 aromatic heterocycles. The van der Waals surface area contributed by atoms with Gasteiger partial charge in [0.15, 0.2) is 0 Å². The van der Waals surface area contributed by atoms with Gasteiger partial charge in [-0.05, 0) is 36.1 Å². The van der Waals surface area contributed by atoms with E-state index in [4.69, 9.17) is 5.53 Å². The van der Waals surface area contributed by atoms with Crippen molar-refractivity contribution in [3.05, 3.63) is 45.8 Å². The van der Waals surface area contributed by atoms with Crippen molar-refractivity contribution >= 4 is 5.91 Å². The van der Waals surface area contributed by atoms with E-state index >= 15 is 0 Å². The Kier molecular flexibility index (Phi) is 7.92. The van der Waals surface area contributed by atoms with E-state index in [9.17, 15) is 4.79 Å². The fraction of sp³-hybridized carbons (Fsp3) is 0.533. The monoisotopic (exact) mass is 274 g/mol. The summed E-state index contributed by atoms with van der Waals surface area (Å²) in [6, 6.07) is 7.71. The Morgan fingerprint density at radius 2 is 2.00 bits per heavy atom. The Morgan fingerprint density at radius 1 is 1.25 bits per heavy atom. The minimum Gasteiger partial charge on any atom is -0.352 e. The number of nitrogens with one attached hydrogen (secondary N) is 1. The zero-order valence-corrected chi connectivity index (χ0v) is 12.0. The second-order valence-electron chi connectivity index (χ2n) is 4.72. The second-order valence-corrected chi connectivity index (χ2v) is 4.72. The van der Waals surface area contributed by atoms with Crippen LogP contribution in [-0.2, 0) is 6.42 Å². The summed E-state index contributed by atoms with van der Waals surface area (Å²) in [5, 5.41) is 6.08. The Balaban J connectivity index is 2.37. The Bertz CT molecular complexity index is 449. The molecule has 0 atom stereocenters. The average molecular weight is 274 g/mol. The van der Waals surface area contributed by atoms with Crippen molar-refractivity contribution in [3.8, 4) is 0 Å². The standard InChI is InChI=1S/C15H22N4O/c1-2-3-4-5-6-13-7-9-14(10-8-13)15(20)17-11-12-18-19-16/h7-10H,2-6,11-12H2,1H3,(H,17,20). The van der Waals surface area contributed by atoms with Crippen LogP contribution in [0.15, 0.2) is 29.4 Å². The molecule has 0 aliphatic heterocycles. The van der Waals surface area contributed by atoms with Crippen molar-refractivity contribution in [3.63, 3.8) is 0 Å². The van der Waals surface area contributed by atoms with Crippen LogP contribution < -0.4 is 5.32 Å². The lowest BCUT2D eigenvalue weighted by molar-refractivity contribution is 0.0955. The summed E-state index contributed by atoms with van der Waals surface area (Å²) in [4.78, 5) is 14.4. The van der Waals surface area contributed by atoms with Crippen LogP contribution in [0.25, 0.3) is 10.4 Å². The molecule has 1 aromatic rings. The first-order valence-corrected chi connectivity index (χ1v) is 7.16. The number of unbranched alkanes of at least 4 members (excludes halogenated alkanes) is 3. The van der Waals surface area contributed by atoms with Gasteiger partial charge in [0.25, 0.3) is 5.91 Å². The summed E-state index contributed by atoms with van der Waals surface area (Å²) >= 11 is 0. The molecule has 5 nitrogen and oxygen atoms in total. The fourth-order valence-electron chi connectivity index (χ4n) is 1.94. The zero-order valence-electron chi connectivity index (χ0n) is 12.0. The molecule has 108 valence electrons. The van der Waals surface area contributed by atoms with Crippen molar-refractivity contribution in [1.29, 1.82) is 0 Å². The van der Waals surface area contributed by atoms with Gasteiger partial charge in [0, 0.05) is 23.6 Å². The number of hydrogen-bond donors (Lipinski definition) is 1. The van der Waals surface area contributed by atoms with Crippen LogP contribution in [0.1, 0.15) is 48.5 Å². The lowest BCUT2D eigenvalue weighted by Gasteiger charge is -2.05. The van der Waals surface area contributed by atoms with Gasteiger partial charge in [0.05, 0.1) is 0 Å². The molecule has 0 aliphatic carbocycles. The number of carbonyl (C=O) groups excluding carboxylic acids is 1. The molecular formula is C15H22N4O. The summed E-state index contributed by atoms with van der Waals surface area (Å²) in [7, 11) is 0. The summed E-state index contributed by atoms with van der Waals surface area (Å²) < 4.78 is 0. The molecule has 0 radical (unpaired) electrons. The highest BCUT2D eigenvalue weighted by Gasteiger charge is 2.04. The number of amides is 1. The van der Waals surface area contributed by atoms with E-state index in [2.05, 4.69) is 22.3 Å². The van der Waals surface area contributed by atoms with Crippen LogP contribution in [0.3, 0.4) is 0 Å². The second kappa shape index (κ2) is 9.87. The molecule has 1 amide bonds. The van der Waals surface area contributed by atoms with Gasteiger partial charge in [-0.3, -0.25) is 4.79 Å². The Morgan fingerprint density at radius 3 is 2.65 bits per heavy atom. The maximum Gasteiger partial charge on any atom is 0.251 e. The predicted octanol–water partition coefficient (Wildman–Crippen LogP) is 3.85. The van der Waals surface area contributed by atoms with Crippen LogP contribution in [0.5, 0.6) is 0 Å². The van der Waals surface area contributed by atoms with Gasteiger partial charge in [-0.15, -0.1) is 0 Å². The summed E-state index contributed by atoms with van der Waals surface area (Å²) in [5.41, 5.74) is 10.0. The predicted molar refractivity (Wildman–Crippen MR) is 80.6 cm³/mol. The molecule has 0 unspecified atom stereocenters. The van der Waals surface area contributed by atoms with Gasteiger partial charge < -0.3 is 5.32 Å². The number of rotatable bonds is 9. The quantitative estimate of drug-likeness (QED) is 0.315. The van der Waals surface area contributed by atoms with Crippen molar-refractivity contribution in [1.82, 2.24) is 5.32 Å². The number of carbonyl (C=O) groups is 1. The molecule has 0 spiro atoms. The van der Waals surface area contributed by atoms with Crippen LogP contribution in [0.2, 0.25) is 0 Å². The molecule has 0 heterocycles. The topological polar surface area (TPSA) is 77.9 Å². The third-order valence-corrected chi connectivity index (χ3v) is 3.10. The number of hydrogen-bond acceptors (Lipinski definition) is 2. The molecule has 0 saturated carbocycles. The van der Waals surface area contributed by atoms with Crippen molar-refractivity contribution < 1.29 is 4.79 Å². The third-order valence-electron chi connectivity index (χ3n) is 3.10. The maximum absolute atomic E-state index is 11.8. The molecule has 5 heteroatoms. The van der Waals surface area contributed by atoms with E-state index in [0.29, 0.717) is 12.1 Å². The fourth-order valence-corrected chi connectivity index (χ4v) is 1.94. The number of azide groups is 1. The van der Waals surface area contributed by atoms with Gasteiger partial charge in [-0.25, -0.2) is 0 Å². The highest BCUT2D eigenvalue weighted by atomic mass is 16.1. The minimum absolute atomic E-state index is 0.129. The van der Waals surface area contributed by atoms with E-state index < -0.39 is 0 Å². The molecule has 1 aromatic carbocycles. The average Bonchev–Trinajstić information content (AvgIpc) is 2.48. The molecule has 0 bridgehead atoms. The molecule has 0 saturated heterocycles. The van der Waals surface area contributed by atoms with Crippen LogP contribution in [0, 0.1) is 0 Å². The SMILES string of the molecule is CCCCCCc1ccc(C(=O)NCCN=[N+]=[N-])cc1. The van der Waals surface area contributed by atoms with Crippen molar-refractivity contribution in [2.45, 2.75) is 39.0 Å². The number of nitrogens with zero attached hydrogens (tertiary/aromatic N) is 3. The van der Waals surface area contributed by atoms with Crippen molar-refractivity contribution in [2.75, 3.05) is 13.1 Å². The van der Waals surface area contributed by atoms with Gasteiger partial charge >= 0.3 is 0 Å². The largest absolute Gasteiger partial charge is 0.352 e. The summed E-state index contributed by atoms with van der Waals surface area (Å²) in [6.07, 6.45) is 6.06. The highest BCUT2D eigenvalue weighted by Crippen LogP contribution is 2.09. The van der Waals surface area contributed by atoms with E-state index in [1.807, 2.05) is 24.3 Å². The molecule has 1 rings (SSSR count). The van der Waals surface area contributed by atoms with E-state index in [0.717, 1.165) is 6.42 Å². The summed E-state index contributed by atoms with van der Waals surface area (Å²) in [6.45, 7) is 2.84. The Labute approximate surface area is 120 Å². The van der Waals surface area contributed by atoms with E-state index in [1.54, 1.807) is 0 Å². The minimum atomic E-state index is -0.129. The lowest BCUT2D eigenvalue weighted by Crippen LogP contribution is -2.25. The molecular weight excluding hydrogens is 252 g/mol. The van der Waals surface area contributed by atoms with Gasteiger partial charge in [0.1, 0.15) is 0 Å². The van der Waals surface area contributed by atoms with Gasteiger partial charge in [-0.1, -0.05) is 43.4 Å². The smallest absolute Gasteiger partial charge is 0.251 e. The third kappa shape index (κ3) is 6.25.